The summed E-state index contributed by atoms with van der Waals surface area (Å²) >= 11 is 0. The van der Waals surface area contributed by atoms with Gasteiger partial charge in [-0.15, -0.1) is 0 Å². The number of nitrogens with zero attached hydrogens (tertiary/aromatic N) is 1. The van der Waals surface area contributed by atoms with Crippen LogP contribution in [0.15, 0.2) is 0 Å². The van der Waals surface area contributed by atoms with Crippen LogP contribution in [0.3, 0.4) is 0 Å². The molecule has 20 heavy (non-hydrogen) atoms. The van der Waals surface area contributed by atoms with Crippen molar-refractivity contribution in [3.8, 4) is 0 Å². The molecule has 0 spiro atoms. The van der Waals surface area contributed by atoms with Crippen LogP contribution >= 0.6 is 0 Å². The Kier molecular flexibility index (Phi) is 6.46. The lowest BCUT2D eigenvalue weighted by Crippen LogP contribution is -2.60. The van der Waals surface area contributed by atoms with Gasteiger partial charge in [0.1, 0.15) is 0 Å². The van der Waals surface area contributed by atoms with Gasteiger partial charge in [-0.1, -0.05) is 33.1 Å². The van der Waals surface area contributed by atoms with Gasteiger partial charge in [0.25, 0.3) is 0 Å². The maximum Gasteiger partial charge on any atom is 0.239 e. The molecule has 2 N–H and O–H groups in total. The summed E-state index contributed by atoms with van der Waals surface area (Å²) in [5.41, 5.74) is -0.0676. The van der Waals surface area contributed by atoms with Gasteiger partial charge in [-0.2, -0.15) is 0 Å². The van der Waals surface area contributed by atoms with Crippen molar-refractivity contribution in [2.75, 3.05) is 13.1 Å². The molecule has 118 valence electrons. The van der Waals surface area contributed by atoms with E-state index in [9.17, 15) is 9.90 Å². The Balaban J connectivity index is 2.45. The first-order chi connectivity index (χ1) is 9.19. The molecule has 0 saturated carbocycles. The zero-order chi connectivity index (χ0) is 15.3. The first-order valence-corrected chi connectivity index (χ1v) is 7.93. The molecule has 1 heterocycles. The van der Waals surface area contributed by atoms with E-state index in [1.807, 2.05) is 0 Å². The average Bonchev–Trinajstić information content (AvgIpc) is 2.26. The third-order valence-corrected chi connectivity index (χ3v) is 3.60. The summed E-state index contributed by atoms with van der Waals surface area (Å²) < 4.78 is 0. The lowest BCUT2D eigenvalue weighted by atomic mass is 9.98. The molecule has 0 bridgehead atoms. The first kappa shape index (κ1) is 17.4. The molecule has 0 aromatic carbocycles. The number of aliphatic hydroxyl groups is 1. The van der Waals surface area contributed by atoms with Crippen LogP contribution in [0.2, 0.25) is 0 Å². The predicted octanol–water partition coefficient (Wildman–Crippen LogP) is 2.16. The number of carbonyl (C=O) groups excluding carboxylic acids is 1. The first-order valence-electron chi connectivity index (χ1n) is 7.93. The molecule has 1 aliphatic rings. The average molecular weight is 284 g/mol. The van der Waals surface area contributed by atoms with Crippen LogP contribution in [0, 0.1) is 5.92 Å². The fourth-order valence-electron chi connectivity index (χ4n) is 2.54. The Morgan fingerprint density at radius 3 is 2.25 bits per heavy atom. The van der Waals surface area contributed by atoms with Crippen LogP contribution in [0.1, 0.15) is 60.3 Å². The van der Waals surface area contributed by atoms with E-state index in [2.05, 4.69) is 39.9 Å². The van der Waals surface area contributed by atoms with Crippen LogP contribution in [-0.2, 0) is 4.79 Å². The summed E-state index contributed by atoms with van der Waals surface area (Å²) in [6.45, 7) is 11.7. The minimum atomic E-state index is -0.324. The van der Waals surface area contributed by atoms with Crippen molar-refractivity contribution >= 4 is 5.91 Å². The van der Waals surface area contributed by atoms with Crippen LogP contribution in [-0.4, -0.2) is 46.7 Å². The second-order valence-electron chi connectivity index (χ2n) is 7.52. The molecule has 0 aliphatic carbocycles. The number of rotatable bonds is 7. The van der Waals surface area contributed by atoms with Crippen molar-refractivity contribution in [2.45, 2.75) is 78.0 Å². The number of likely N-dealkylation sites (tertiary alicyclic amines) is 1. The standard InChI is InChI=1S/C16H32N2O2/c1-12(2)8-6-7-9-14(17-16(3,4)5)15(20)18-10-13(19)11-18/h12-14,17,19H,6-11H2,1-5H3. The normalized spacial score (nSPS) is 18.2. The minimum Gasteiger partial charge on any atom is -0.389 e. The molecule has 0 aromatic heterocycles. The lowest BCUT2D eigenvalue weighted by Gasteiger charge is -2.39. The van der Waals surface area contributed by atoms with Crippen molar-refractivity contribution < 1.29 is 9.90 Å². The summed E-state index contributed by atoms with van der Waals surface area (Å²) in [7, 11) is 0. The fraction of sp³-hybridized carbons (Fsp3) is 0.938. The topological polar surface area (TPSA) is 52.6 Å². The Labute approximate surface area is 123 Å². The van der Waals surface area contributed by atoms with Gasteiger partial charge in [0.15, 0.2) is 0 Å². The molecule has 1 aliphatic heterocycles. The highest BCUT2D eigenvalue weighted by Gasteiger charge is 2.34. The second-order valence-corrected chi connectivity index (χ2v) is 7.52. The van der Waals surface area contributed by atoms with Crippen molar-refractivity contribution in [1.82, 2.24) is 10.2 Å². The van der Waals surface area contributed by atoms with Crippen LogP contribution < -0.4 is 5.32 Å². The van der Waals surface area contributed by atoms with E-state index in [0.717, 1.165) is 18.8 Å². The molecule has 1 fully saturated rings. The number of carbonyl (C=O) groups is 1. The summed E-state index contributed by atoms with van der Waals surface area (Å²) in [6, 6.07) is -0.116. The number of β-amino-alcohol motifs (C(OH)–C–C–N with tert-alkyl or cyclic N) is 1. The third kappa shape index (κ3) is 6.23. The van der Waals surface area contributed by atoms with Crippen molar-refractivity contribution in [3.05, 3.63) is 0 Å². The number of aliphatic hydroxyl groups excluding tert-OH is 1. The second kappa shape index (κ2) is 7.41. The van der Waals surface area contributed by atoms with Gasteiger partial charge in [-0.25, -0.2) is 0 Å². The highest BCUT2D eigenvalue weighted by molar-refractivity contribution is 5.82. The Morgan fingerprint density at radius 2 is 1.80 bits per heavy atom. The van der Waals surface area contributed by atoms with Gasteiger partial charge in [-0.3, -0.25) is 4.79 Å². The summed E-state index contributed by atoms with van der Waals surface area (Å²) in [4.78, 5) is 14.2. The van der Waals surface area contributed by atoms with E-state index in [1.54, 1.807) is 4.90 Å². The molecular formula is C16H32N2O2. The van der Waals surface area contributed by atoms with Gasteiger partial charge in [0, 0.05) is 18.6 Å². The van der Waals surface area contributed by atoms with E-state index >= 15 is 0 Å². The number of nitrogens with one attached hydrogen (secondary N) is 1. The maximum absolute atomic E-state index is 12.4. The van der Waals surface area contributed by atoms with Crippen molar-refractivity contribution in [3.63, 3.8) is 0 Å². The van der Waals surface area contributed by atoms with Crippen molar-refractivity contribution in [2.24, 2.45) is 5.92 Å². The quantitative estimate of drug-likeness (QED) is 0.704. The van der Waals surface area contributed by atoms with E-state index < -0.39 is 0 Å². The molecule has 0 aromatic rings. The molecule has 1 amide bonds. The van der Waals surface area contributed by atoms with E-state index in [-0.39, 0.29) is 23.6 Å². The lowest BCUT2D eigenvalue weighted by molar-refractivity contribution is -0.144. The van der Waals surface area contributed by atoms with Crippen LogP contribution in [0.5, 0.6) is 0 Å². The number of hydrogen-bond donors (Lipinski definition) is 2. The van der Waals surface area contributed by atoms with Gasteiger partial charge in [0.2, 0.25) is 5.91 Å². The fourth-order valence-corrected chi connectivity index (χ4v) is 2.54. The number of amides is 1. The van der Waals surface area contributed by atoms with E-state index in [1.165, 1.54) is 12.8 Å². The number of hydrogen-bond acceptors (Lipinski definition) is 3. The molecule has 4 nitrogen and oxygen atoms in total. The van der Waals surface area contributed by atoms with Gasteiger partial charge < -0.3 is 15.3 Å². The Bertz CT molecular complexity index is 304. The van der Waals surface area contributed by atoms with Crippen molar-refractivity contribution in [1.29, 1.82) is 0 Å². The largest absolute Gasteiger partial charge is 0.389 e. The van der Waals surface area contributed by atoms with Gasteiger partial charge in [0.05, 0.1) is 12.1 Å². The monoisotopic (exact) mass is 284 g/mol. The number of unbranched alkanes of at least 4 members (excludes halogenated alkanes) is 1. The minimum absolute atomic E-state index is 0.0676. The Hall–Kier alpha value is -0.610. The summed E-state index contributed by atoms with van der Waals surface area (Å²) in [5.74, 6) is 0.875. The highest BCUT2D eigenvalue weighted by atomic mass is 16.3. The zero-order valence-electron chi connectivity index (χ0n) is 13.8. The smallest absolute Gasteiger partial charge is 0.239 e. The van der Waals surface area contributed by atoms with Gasteiger partial charge in [-0.05, 0) is 33.1 Å². The molecule has 1 atom stereocenters. The third-order valence-electron chi connectivity index (χ3n) is 3.60. The molecule has 4 heteroatoms. The van der Waals surface area contributed by atoms with E-state index in [4.69, 9.17) is 0 Å². The zero-order valence-corrected chi connectivity index (χ0v) is 13.8. The van der Waals surface area contributed by atoms with Gasteiger partial charge >= 0.3 is 0 Å². The molecular weight excluding hydrogens is 252 g/mol. The molecule has 0 radical (unpaired) electrons. The predicted molar refractivity (Wildman–Crippen MR) is 82.6 cm³/mol. The molecule has 1 rings (SSSR count). The van der Waals surface area contributed by atoms with Crippen LogP contribution in [0.4, 0.5) is 0 Å². The van der Waals surface area contributed by atoms with Crippen LogP contribution in [0.25, 0.3) is 0 Å². The summed E-state index contributed by atoms with van der Waals surface area (Å²) in [6.07, 6.45) is 4.04. The maximum atomic E-state index is 12.4. The molecule has 1 unspecified atom stereocenters. The SMILES string of the molecule is CC(C)CCCCC(NC(C)(C)C)C(=O)N1CC(O)C1. The Morgan fingerprint density at radius 1 is 1.25 bits per heavy atom. The molecule has 1 saturated heterocycles. The highest BCUT2D eigenvalue weighted by Crippen LogP contribution is 2.16. The van der Waals surface area contributed by atoms with E-state index in [0.29, 0.717) is 13.1 Å². The summed E-state index contributed by atoms with van der Waals surface area (Å²) in [5, 5.41) is 12.8.